The fourth-order valence-electron chi connectivity index (χ4n) is 3.33. The molecule has 39 heavy (non-hydrogen) atoms. The lowest BCUT2D eigenvalue weighted by molar-refractivity contribution is -0.139. The van der Waals surface area contributed by atoms with Crippen LogP contribution < -0.4 is 20.9 Å². The molecule has 5 N–H and O–H groups in total. The van der Waals surface area contributed by atoms with Gasteiger partial charge in [0.15, 0.2) is 6.23 Å². The molecule has 1 aromatic heterocycles. The van der Waals surface area contributed by atoms with E-state index in [1.165, 1.54) is 0 Å². The van der Waals surface area contributed by atoms with Gasteiger partial charge in [0.2, 0.25) is 5.72 Å². The molecule has 3 rings (SSSR count). The number of halogens is 3. The van der Waals surface area contributed by atoms with Crippen molar-refractivity contribution in [1.82, 2.24) is 14.6 Å². The summed E-state index contributed by atoms with van der Waals surface area (Å²) in [4.78, 5) is 39.2. The number of aromatic amines is 1. The Labute approximate surface area is 214 Å². The van der Waals surface area contributed by atoms with E-state index in [9.17, 15) is 47.4 Å². The van der Waals surface area contributed by atoms with Gasteiger partial charge in [-0.15, -0.1) is 0 Å². The monoisotopic (exact) mass is 580 g/mol. The molecule has 1 aromatic carbocycles. The second kappa shape index (κ2) is 11.2. The summed E-state index contributed by atoms with van der Waals surface area (Å²) >= 11 is 0. The Bertz CT molecular complexity index is 1430. The smallest absolute Gasteiger partial charge is 0.459 e. The first-order chi connectivity index (χ1) is 18.1. The normalized spacial score (nSPS) is 25.3. The van der Waals surface area contributed by atoms with Crippen LogP contribution in [0.5, 0.6) is 5.75 Å². The zero-order chi connectivity index (χ0) is 29.2. The second-order valence-corrected chi connectivity index (χ2v) is 9.76. The Morgan fingerprint density at radius 1 is 1.33 bits per heavy atom. The van der Waals surface area contributed by atoms with Gasteiger partial charge in [0.1, 0.15) is 24.0 Å². The van der Waals surface area contributed by atoms with Crippen molar-refractivity contribution in [2.45, 2.75) is 43.3 Å². The highest BCUT2D eigenvalue weighted by molar-refractivity contribution is 7.52. The Morgan fingerprint density at radius 3 is 2.51 bits per heavy atom. The van der Waals surface area contributed by atoms with E-state index in [0.29, 0.717) is 16.7 Å². The summed E-state index contributed by atoms with van der Waals surface area (Å²) in [6.07, 6.45) is -9.68. The molecule has 1 fully saturated rings. The van der Waals surface area contributed by atoms with Crippen molar-refractivity contribution in [2.24, 2.45) is 5.11 Å². The first kappa shape index (κ1) is 29.9. The Morgan fingerprint density at radius 2 is 1.97 bits per heavy atom. The number of aliphatic hydroxyl groups excluding tert-OH is 2. The maximum absolute atomic E-state index is 13.4. The SMILES string of the molecule is C[C@H](NP(=O)(OC[C@@]1(N=[N+]=[N-])O[C@@H](n2ccc(=O)[nH]c2=O)[C@H](O)[C@@H]1O)Oc1ccc(C(F)(F)F)cc1)C(=O)O. The van der Waals surface area contributed by atoms with Gasteiger partial charge in [0.25, 0.3) is 5.56 Å². The van der Waals surface area contributed by atoms with Crippen molar-refractivity contribution in [3.05, 3.63) is 73.4 Å². The van der Waals surface area contributed by atoms with Crippen LogP contribution in [-0.2, 0) is 24.8 Å². The number of carboxylic acid groups (broad SMARTS) is 1. The first-order valence-corrected chi connectivity index (χ1v) is 12.2. The van der Waals surface area contributed by atoms with Crippen LogP contribution in [0.3, 0.4) is 0 Å². The van der Waals surface area contributed by atoms with Gasteiger partial charge in [-0.05, 0) is 36.7 Å². The molecule has 212 valence electrons. The molecular formula is C19H20F3N6O10P. The van der Waals surface area contributed by atoms with Gasteiger partial charge in [-0.1, -0.05) is 5.11 Å². The van der Waals surface area contributed by atoms with Crippen LogP contribution in [0.1, 0.15) is 18.7 Å². The van der Waals surface area contributed by atoms with E-state index >= 15 is 0 Å². The summed E-state index contributed by atoms with van der Waals surface area (Å²) in [6.45, 7) is -0.165. The average molecular weight is 580 g/mol. The molecule has 0 spiro atoms. The zero-order valence-electron chi connectivity index (χ0n) is 19.5. The average Bonchev–Trinajstić information content (AvgIpc) is 3.08. The molecule has 2 aromatic rings. The predicted octanol–water partition coefficient (Wildman–Crippen LogP) is 1.08. The van der Waals surface area contributed by atoms with Crippen molar-refractivity contribution >= 4 is 13.7 Å². The summed E-state index contributed by atoms with van der Waals surface area (Å²) < 4.78 is 68.4. The third-order valence-electron chi connectivity index (χ3n) is 5.31. The largest absolute Gasteiger partial charge is 0.480 e. The number of benzene rings is 1. The zero-order valence-corrected chi connectivity index (χ0v) is 20.4. The Balaban J connectivity index is 1.93. The van der Waals surface area contributed by atoms with Gasteiger partial charge in [-0.2, -0.15) is 18.3 Å². The number of hydrogen-bond donors (Lipinski definition) is 5. The van der Waals surface area contributed by atoms with Gasteiger partial charge in [0, 0.05) is 17.2 Å². The third kappa shape index (κ3) is 6.66. The van der Waals surface area contributed by atoms with Gasteiger partial charge in [-0.25, -0.2) is 9.36 Å². The lowest BCUT2D eigenvalue weighted by Crippen LogP contribution is -2.45. The number of ether oxygens (including phenoxy) is 1. The summed E-state index contributed by atoms with van der Waals surface area (Å²) in [5, 5.41) is 35.6. The van der Waals surface area contributed by atoms with Crippen molar-refractivity contribution in [2.75, 3.05) is 6.61 Å². The summed E-state index contributed by atoms with van der Waals surface area (Å²) in [5.74, 6) is -2.00. The highest BCUT2D eigenvalue weighted by Gasteiger charge is 2.56. The molecule has 0 amide bonds. The molecule has 1 aliphatic rings. The molecule has 16 nitrogen and oxygen atoms in total. The van der Waals surface area contributed by atoms with E-state index in [4.69, 9.17) is 19.3 Å². The van der Waals surface area contributed by atoms with Gasteiger partial charge in [-0.3, -0.25) is 23.7 Å². The van der Waals surface area contributed by atoms with Gasteiger partial charge < -0.3 is 24.6 Å². The van der Waals surface area contributed by atoms with Crippen molar-refractivity contribution < 1.29 is 51.6 Å². The third-order valence-corrected chi connectivity index (χ3v) is 6.94. The highest BCUT2D eigenvalue weighted by Crippen LogP contribution is 2.48. The number of nitrogens with zero attached hydrogens (tertiary/aromatic N) is 4. The maximum Gasteiger partial charge on any atom is 0.459 e. The first-order valence-electron chi connectivity index (χ1n) is 10.6. The summed E-state index contributed by atoms with van der Waals surface area (Å²) in [5.41, 5.74) is 3.51. The quantitative estimate of drug-likeness (QED) is 0.115. The number of aliphatic hydroxyl groups is 2. The van der Waals surface area contributed by atoms with E-state index in [2.05, 4.69) is 10.0 Å². The minimum atomic E-state index is -4.86. The van der Waals surface area contributed by atoms with Crippen LogP contribution in [0.15, 0.2) is 51.2 Å². The van der Waals surface area contributed by atoms with Crippen LogP contribution in [0.2, 0.25) is 0 Å². The van der Waals surface area contributed by atoms with Crippen LogP contribution in [-0.4, -0.2) is 61.4 Å². The number of rotatable bonds is 10. The lowest BCUT2D eigenvalue weighted by atomic mass is 10.1. The maximum atomic E-state index is 13.4. The van der Waals surface area contributed by atoms with Crippen molar-refractivity contribution in [3.8, 4) is 5.75 Å². The summed E-state index contributed by atoms with van der Waals surface area (Å²) in [6, 6.07) is 2.00. The lowest BCUT2D eigenvalue weighted by Gasteiger charge is -2.29. The van der Waals surface area contributed by atoms with E-state index in [0.717, 1.165) is 31.3 Å². The molecule has 1 aliphatic heterocycles. The van der Waals surface area contributed by atoms with Crippen LogP contribution in [0.4, 0.5) is 13.2 Å². The number of carboxylic acids is 1. The summed E-state index contributed by atoms with van der Waals surface area (Å²) in [7, 11) is -4.86. The number of carbonyl (C=O) groups is 1. The number of hydrogen-bond acceptors (Lipinski definition) is 10. The molecule has 1 unspecified atom stereocenters. The number of azide groups is 1. The van der Waals surface area contributed by atoms with Gasteiger partial charge >= 0.3 is 25.6 Å². The number of aromatic nitrogens is 2. The van der Waals surface area contributed by atoms with Crippen LogP contribution in [0.25, 0.3) is 10.4 Å². The molecule has 20 heteroatoms. The second-order valence-electron chi connectivity index (χ2n) is 8.07. The highest BCUT2D eigenvalue weighted by atomic mass is 31.2. The molecule has 1 saturated heterocycles. The van der Waals surface area contributed by atoms with Crippen molar-refractivity contribution in [3.63, 3.8) is 0 Å². The van der Waals surface area contributed by atoms with E-state index in [1.54, 1.807) is 0 Å². The van der Waals surface area contributed by atoms with Gasteiger partial charge in [0.05, 0.1) is 12.2 Å². The predicted molar refractivity (Wildman–Crippen MR) is 121 cm³/mol. The van der Waals surface area contributed by atoms with E-state index < -0.39 is 79.3 Å². The standard InChI is InChI=1S/C19H20F3N6O10P/c1-9(16(32)33)25-39(35,38-11-4-2-10(3-5-11)19(20,21)22)36-8-18(26-27-23)14(31)13(30)15(37-18)28-7-6-12(29)24-17(28)34/h2-7,9,13-15,30-31H,8H2,1H3,(H,25,35)(H,32,33)(H,24,29,34)/t9-,13+,14-,15+,18+,39?/m0/s1. The van der Waals surface area contributed by atoms with E-state index in [-0.39, 0.29) is 0 Å². The van der Waals surface area contributed by atoms with Crippen molar-refractivity contribution in [1.29, 1.82) is 0 Å². The van der Waals surface area contributed by atoms with Crippen LogP contribution in [0, 0.1) is 0 Å². The number of H-pyrrole nitrogens is 1. The molecule has 0 aliphatic carbocycles. The minimum absolute atomic E-state index is 0.458. The molecule has 0 bridgehead atoms. The number of aliphatic carboxylic acids is 1. The molecule has 2 heterocycles. The number of nitrogens with one attached hydrogen (secondary N) is 2. The minimum Gasteiger partial charge on any atom is -0.480 e. The molecule has 0 radical (unpaired) electrons. The van der Waals surface area contributed by atoms with Crippen LogP contribution >= 0.6 is 7.75 Å². The molecule has 0 saturated carbocycles. The topological polar surface area (TPSA) is 238 Å². The molecule has 6 atom stereocenters. The fraction of sp³-hybridized carbons (Fsp3) is 0.421. The fourth-order valence-corrected chi connectivity index (χ4v) is 4.85. The Kier molecular flexibility index (Phi) is 8.56. The number of alkyl halides is 3. The Hall–Kier alpha value is -3.70. The van der Waals surface area contributed by atoms with E-state index in [1.807, 2.05) is 10.1 Å². The molecular weight excluding hydrogens is 560 g/mol.